The third-order valence-corrected chi connectivity index (χ3v) is 2.13. The molecule has 0 aliphatic heterocycles. The fourth-order valence-electron chi connectivity index (χ4n) is 1.42. The Labute approximate surface area is 80.8 Å². The molecule has 1 aromatic heterocycles. The number of benzene rings is 1. The number of carbonyl (C=O) groups excluding carboxylic acids is 1. The molecule has 0 radical (unpaired) electrons. The summed E-state index contributed by atoms with van der Waals surface area (Å²) in [5, 5.41) is 0.865. The average molecular weight is 187 g/mol. The SMILES string of the molecule is Cc1ncnc2c(C(N)=O)cccc12. The molecule has 0 aliphatic rings. The van der Waals surface area contributed by atoms with Crippen molar-refractivity contribution in [1.82, 2.24) is 9.97 Å². The molecule has 2 rings (SSSR count). The zero-order chi connectivity index (χ0) is 10.1. The summed E-state index contributed by atoms with van der Waals surface area (Å²) in [6.45, 7) is 1.87. The summed E-state index contributed by atoms with van der Waals surface area (Å²) in [7, 11) is 0. The number of nitrogens with zero attached hydrogens (tertiary/aromatic N) is 2. The number of para-hydroxylation sites is 1. The summed E-state index contributed by atoms with van der Waals surface area (Å²) in [6, 6.07) is 5.31. The van der Waals surface area contributed by atoms with Crippen molar-refractivity contribution in [1.29, 1.82) is 0 Å². The Kier molecular flexibility index (Phi) is 1.89. The number of primary amides is 1. The Morgan fingerprint density at radius 1 is 1.36 bits per heavy atom. The Morgan fingerprint density at radius 3 is 2.86 bits per heavy atom. The van der Waals surface area contributed by atoms with Crippen LogP contribution in [0.3, 0.4) is 0 Å². The molecule has 0 saturated heterocycles. The van der Waals surface area contributed by atoms with Crippen molar-refractivity contribution in [2.75, 3.05) is 0 Å². The normalized spacial score (nSPS) is 10.4. The van der Waals surface area contributed by atoms with Gasteiger partial charge in [-0.05, 0) is 13.0 Å². The number of amides is 1. The molecule has 2 aromatic rings. The Bertz CT molecular complexity index is 508. The molecule has 4 heteroatoms. The minimum absolute atomic E-state index is 0.438. The van der Waals surface area contributed by atoms with E-state index in [1.54, 1.807) is 12.1 Å². The van der Waals surface area contributed by atoms with Crippen molar-refractivity contribution >= 4 is 16.8 Å². The fourth-order valence-corrected chi connectivity index (χ4v) is 1.42. The van der Waals surface area contributed by atoms with Crippen LogP contribution in [0.25, 0.3) is 10.9 Å². The van der Waals surface area contributed by atoms with Gasteiger partial charge in [0.25, 0.3) is 5.91 Å². The number of nitrogens with two attached hydrogens (primary N) is 1. The minimum atomic E-state index is -0.464. The molecule has 0 atom stereocenters. The lowest BCUT2D eigenvalue weighted by atomic mass is 10.1. The number of hydrogen-bond acceptors (Lipinski definition) is 3. The topological polar surface area (TPSA) is 68.9 Å². The van der Waals surface area contributed by atoms with Crippen LogP contribution in [0.5, 0.6) is 0 Å². The van der Waals surface area contributed by atoms with Gasteiger partial charge in [-0.2, -0.15) is 0 Å². The standard InChI is InChI=1S/C10H9N3O/c1-6-7-3-2-4-8(10(11)14)9(7)13-5-12-6/h2-5H,1H3,(H2,11,14). The number of aryl methyl sites for hydroxylation is 1. The predicted molar refractivity (Wildman–Crippen MR) is 52.8 cm³/mol. The molecule has 4 nitrogen and oxygen atoms in total. The molecule has 0 unspecified atom stereocenters. The largest absolute Gasteiger partial charge is 0.366 e. The molecule has 0 aliphatic carbocycles. The maximum Gasteiger partial charge on any atom is 0.250 e. The first-order valence-electron chi connectivity index (χ1n) is 4.20. The summed E-state index contributed by atoms with van der Waals surface area (Å²) in [5.74, 6) is -0.464. The Hall–Kier alpha value is -1.97. The van der Waals surface area contributed by atoms with Crippen LogP contribution in [0.1, 0.15) is 16.1 Å². The third-order valence-electron chi connectivity index (χ3n) is 2.13. The first kappa shape index (κ1) is 8.62. The number of aromatic nitrogens is 2. The zero-order valence-electron chi connectivity index (χ0n) is 7.69. The number of fused-ring (bicyclic) bond motifs is 1. The predicted octanol–water partition coefficient (Wildman–Crippen LogP) is 1.04. The molecule has 1 aromatic carbocycles. The molecular weight excluding hydrogens is 178 g/mol. The molecule has 2 N–H and O–H groups in total. The summed E-state index contributed by atoms with van der Waals surface area (Å²) < 4.78 is 0. The van der Waals surface area contributed by atoms with Crippen molar-refractivity contribution in [3.05, 3.63) is 35.8 Å². The van der Waals surface area contributed by atoms with Crippen molar-refractivity contribution < 1.29 is 4.79 Å². The van der Waals surface area contributed by atoms with Crippen LogP contribution < -0.4 is 5.73 Å². The second-order valence-corrected chi connectivity index (χ2v) is 3.03. The number of hydrogen-bond donors (Lipinski definition) is 1. The van der Waals surface area contributed by atoms with Gasteiger partial charge in [-0.15, -0.1) is 0 Å². The van der Waals surface area contributed by atoms with E-state index in [1.165, 1.54) is 6.33 Å². The van der Waals surface area contributed by atoms with Crippen LogP contribution >= 0.6 is 0 Å². The molecule has 1 amide bonds. The zero-order valence-corrected chi connectivity index (χ0v) is 7.69. The monoisotopic (exact) mass is 187 g/mol. The summed E-state index contributed by atoms with van der Waals surface area (Å²) in [6.07, 6.45) is 1.43. The third kappa shape index (κ3) is 1.21. The fraction of sp³-hybridized carbons (Fsp3) is 0.100. The molecule has 70 valence electrons. The van der Waals surface area contributed by atoms with Gasteiger partial charge in [0.1, 0.15) is 6.33 Å². The molecule has 0 bridgehead atoms. The van der Waals surface area contributed by atoms with E-state index in [9.17, 15) is 4.79 Å². The van der Waals surface area contributed by atoms with Gasteiger partial charge in [0.15, 0.2) is 0 Å². The van der Waals surface area contributed by atoms with Gasteiger partial charge >= 0.3 is 0 Å². The van der Waals surface area contributed by atoms with Crippen LogP contribution in [-0.2, 0) is 0 Å². The molecule has 14 heavy (non-hydrogen) atoms. The first-order valence-corrected chi connectivity index (χ1v) is 4.20. The van der Waals surface area contributed by atoms with Gasteiger partial charge in [0, 0.05) is 11.1 Å². The summed E-state index contributed by atoms with van der Waals surface area (Å²) in [4.78, 5) is 19.2. The van der Waals surface area contributed by atoms with E-state index in [0.29, 0.717) is 11.1 Å². The van der Waals surface area contributed by atoms with Crippen molar-refractivity contribution in [2.45, 2.75) is 6.92 Å². The molecule has 0 spiro atoms. The van der Waals surface area contributed by atoms with Crippen LogP contribution in [-0.4, -0.2) is 15.9 Å². The summed E-state index contributed by atoms with van der Waals surface area (Å²) in [5.41, 5.74) is 7.13. The highest BCUT2D eigenvalue weighted by atomic mass is 16.1. The maximum absolute atomic E-state index is 11.1. The van der Waals surface area contributed by atoms with E-state index >= 15 is 0 Å². The second-order valence-electron chi connectivity index (χ2n) is 3.03. The second kappa shape index (κ2) is 3.06. The van der Waals surface area contributed by atoms with Gasteiger partial charge in [-0.1, -0.05) is 12.1 Å². The number of carbonyl (C=O) groups is 1. The molecule has 0 fully saturated rings. The molecule has 0 saturated carbocycles. The van der Waals surface area contributed by atoms with E-state index in [1.807, 2.05) is 13.0 Å². The average Bonchev–Trinajstić information content (AvgIpc) is 2.17. The Balaban J connectivity index is 2.88. The highest BCUT2D eigenvalue weighted by molar-refractivity contribution is 6.04. The quantitative estimate of drug-likeness (QED) is 0.725. The van der Waals surface area contributed by atoms with Crippen LogP contribution in [0.2, 0.25) is 0 Å². The molecular formula is C10H9N3O. The van der Waals surface area contributed by atoms with Crippen molar-refractivity contribution in [3.63, 3.8) is 0 Å². The van der Waals surface area contributed by atoms with E-state index < -0.39 is 5.91 Å². The van der Waals surface area contributed by atoms with E-state index in [-0.39, 0.29) is 0 Å². The first-order chi connectivity index (χ1) is 6.70. The highest BCUT2D eigenvalue weighted by Crippen LogP contribution is 2.17. The van der Waals surface area contributed by atoms with Crippen LogP contribution in [0.15, 0.2) is 24.5 Å². The van der Waals surface area contributed by atoms with Gasteiger partial charge in [-0.3, -0.25) is 4.79 Å². The van der Waals surface area contributed by atoms with Gasteiger partial charge in [-0.25, -0.2) is 9.97 Å². The lowest BCUT2D eigenvalue weighted by Crippen LogP contribution is -2.12. The van der Waals surface area contributed by atoms with Crippen LogP contribution in [0, 0.1) is 6.92 Å². The summed E-state index contributed by atoms with van der Waals surface area (Å²) >= 11 is 0. The van der Waals surface area contributed by atoms with Gasteiger partial charge in [0.2, 0.25) is 0 Å². The smallest absolute Gasteiger partial charge is 0.250 e. The lowest BCUT2D eigenvalue weighted by molar-refractivity contribution is 0.100. The lowest BCUT2D eigenvalue weighted by Gasteiger charge is -2.02. The minimum Gasteiger partial charge on any atom is -0.366 e. The van der Waals surface area contributed by atoms with Crippen LogP contribution in [0.4, 0.5) is 0 Å². The van der Waals surface area contributed by atoms with Gasteiger partial charge < -0.3 is 5.73 Å². The van der Waals surface area contributed by atoms with E-state index in [4.69, 9.17) is 5.73 Å². The maximum atomic E-state index is 11.1. The highest BCUT2D eigenvalue weighted by Gasteiger charge is 2.08. The van der Waals surface area contributed by atoms with Crippen molar-refractivity contribution in [2.24, 2.45) is 5.73 Å². The van der Waals surface area contributed by atoms with E-state index in [2.05, 4.69) is 9.97 Å². The number of rotatable bonds is 1. The van der Waals surface area contributed by atoms with Gasteiger partial charge in [0.05, 0.1) is 11.1 Å². The Morgan fingerprint density at radius 2 is 2.14 bits per heavy atom. The van der Waals surface area contributed by atoms with E-state index in [0.717, 1.165) is 11.1 Å². The molecule has 1 heterocycles. The van der Waals surface area contributed by atoms with Crippen molar-refractivity contribution in [3.8, 4) is 0 Å².